The van der Waals surface area contributed by atoms with E-state index < -0.39 is 5.97 Å². The fourth-order valence-corrected chi connectivity index (χ4v) is 1.94. The third kappa shape index (κ3) is 3.59. The van der Waals surface area contributed by atoms with Crippen LogP contribution in [0.1, 0.15) is 10.4 Å². The van der Waals surface area contributed by atoms with Gasteiger partial charge in [0.25, 0.3) is 0 Å². The maximum absolute atomic E-state index is 12.0. The highest BCUT2D eigenvalue weighted by atomic mass is 35.5. The number of esters is 1. The van der Waals surface area contributed by atoms with Crippen molar-refractivity contribution in [3.05, 3.63) is 59.1 Å². The molecule has 0 bridgehead atoms. The molecule has 0 amide bonds. The molecular formula is C16H17ClNO2+. The summed E-state index contributed by atoms with van der Waals surface area (Å²) in [7, 11) is 6.16. The van der Waals surface area contributed by atoms with Gasteiger partial charge in [-0.25, -0.2) is 4.79 Å². The molecule has 2 aromatic rings. The molecule has 0 aliphatic carbocycles. The van der Waals surface area contributed by atoms with Crippen molar-refractivity contribution in [1.29, 1.82) is 0 Å². The maximum Gasteiger partial charge on any atom is 0.343 e. The molecule has 0 aromatic heterocycles. The largest absolute Gasteiger partial charge is 0.423 e. The van der Waals surface area contributed by atoms with Crippen LogP contribution in [0.2, 0.25) is 5.02 Å². The van der Waals surface area contributed by atoms with E-state index in [1.165, 1.54) is 0 Å². The quantitative estimate of drug-likeness (QED) is 0.489. The van der Waals surface area contributed by atoms with E-state index in [1.54, 1.807) is 30.3 Å². The second-order valence-electron chi connectivity index (χ2n) is 5.41. The van der Waals surface area contributed by atoms with Crippen LogP contribution >= 0.6 is 11.6 Å². The number of ether oxygens (including phenoxy) is 1. The number of benzene rings is 2. The lowest BCUT2D eigenvalue weighted by atomic mass is 10.2. The molecule has 0 saturated heterocycles. The first-order valence-electron chi connectivity index (χ1n) is 6.26. The van der Waals surface area contributed by atoms with E-state index in [0.29, 0.717) is 20.8 Å². The van der Waals surface area contributed by atoms with Gasteiger partial charge >= 0.3 is 5.97 Å². The van der Waals surface area contributed by atoms with Crippen molar-refractivity contribution in [3.63, 3.8) is 0 Å². The Morgan fingerprint density at radius 1 is 1.05 bits per heavy atom. The maximum atomic E-state index is 12.0. The third-order valence-corrected chi connectivity index (χ3v) is 3.10. The van der Waals surface area contributed by atoms with E-state index in [1.807, 2.05) is 18.2 Å². The molecule has 20 heavy (non-hydrogen) atoms. The van der Waals surface area contributed by atoms with E-state index in [9.17, 15) is 4.79 Å². The summed E-state index contributed by atoms with van der Waals surface area (Å²) in [5.41, 5.74) is 1.49. The molecule has 3 nitrogen and oxygen atoms in total. The van der Waals surface area contributed by atoms with E-state index in [4.69, 9.17) is 16.3 Å². The van der Waals surface area contributed by atoms with Gasteiger partial charge in [-0.2, -0.15) is 0 Å². The van der Waals surface area contributed by atoms with Gasteiger partial charge in [-0.3, -0.25) is 4.48 Å². The molecule has 2 rings (SSSR count). The number of rotatable bonds is 3. The summed E-state index contributed by atoms with van der Waals surface area (Å²) >= 11 is 5.87. The van der Waals surface area contributed by atoms with Crippen molar-refractivity contribution in [2.75, 3.05) is 21.1 Å². The molecule has 104 valence electrons. The first kappa shape index (κ1) is 14.6. The van der Waals surface area contributed by atoms with E-state index in [0.717, 1.165) is 5.69 Å². The summed E-state index contributed by atoms with van der Waals surface area (Å²) in [6.45, 7) is 0. The van der Waals surface area contributed by atoms with Crippen molar-refractivity contribution in [2.45, 2.75) is 0 Å². The van der Waals surface area contributed by atoms with E-state index in [2.05, 4.69) is 21.1 Å². The summed E-state index contributed by atoms with van der Waals surface area (Å²) < 4.78 is 6.04. The average Bonchev–Trinajstić information content (AvgIpc) is 2.38. The van der Waals surface area contributed by atoms with Gasteiger partial charge in [0.1, 0.15) is 11.4 Å². The predicted molar refractivity (Wildman–Crippen MR) is 82.4 cm³/mol. The SMILES string of the molecule is C[N+](C)(C)c1cccc(OC(=O)c2cccc(Cl)c2)c1. The van der Waals surface area contributed by atoms with Gasteiger partial charge in [0.15, 0.2) is 0 Å². The molecule has 0 aliphatic heterocycles. The molecular weight excluding hydrogens is 274 g/mol. The van der Waals surface area contributed by atoms with Crippen LogP contribution in [-0.2, 0) is 0 Å². The highest BCUT2D eigenvalue weighted by Gasteiger charge is 2.14. The first-order chi connectivity index (χ1) is 9.36. The van der Waals surface area contributed by atoms with Gasteiger partial charge in [0.05, 0.1) is 26.7 Å². The highest BCUT2D eigenvalue weighted by molar-refractivity contribution is 6.30. The zero-order chi connectivity index (χ0) is 14.8. The third-order valence-electron chi connectivity index (χ3n) is 2.86. The van der Waals surface area contributed by atoms with Crippen LogP contribution < -0.4 is 9.22 Å². The Hall–Kier alpha value is -1.84. The monoisotopic (exact) mass is 290 g/mol. The van der Waals surface area contributed by atoms with Crippen LogP contribution in [0.5, 0.6) is 5.75 Å². The summed E-state index contributed by atoms with van der Waals surface area (Å²) in [5, 5.41) is 0.513. The zero-order valence-electron chi connectivity index (χ0n) is 11.8. The van der Waals surface area contributed by atoms with Gasteiger partial charge in [0, 0.05) is 11.1 Å². The van der Waals surface area contributed by atoms with Gasteiger partial charge in [-0.05, 0) is 30.3 Å². The molecule has 0 spiro atoms. The number of hydrogen-bond donors (Lipinski definition) is 0. The van der Waals surface area contributed by atoms with Crippen LogP contribution in [-0.4, -0.2) is 27.1 Å². The lowest BCUT2D eigenvalue weighted by molar-refractivity contribution is 0.0734. The number of quaternary nitrogens is 1. The normalized spacial score (nSPS) is 11.2. The van der Waals surface area contributed by atoms with Crippen LogP contribution in [0.25, 0.3) is 0 Å². The highest BCUT2D eigenvalue weighted by Crippen LogP contribution is 2.23. The molecule has 4 heteroatoms. The van der Waals surface area contributed by atoms with Crippen molar-refractivity contribution < 1.29 is 9.53 Å². The molecule has 0 fully saturated rings. The number of hydrogen-bond acceptors (Lipinski definition) is 2. The number of carbonyl (C=O) groups is 1. The van der Waals surface area contributed by atoms with Crippen molar-refractivity contribution in [1.82, 2.24) is 4.48 Å². The van der Waals surface area contributed by atoms with Crippen LogP contribution in [0.3, 0.4) is 0 Å². The van der Waals surface area contributed by atoms with E-state index >= 15 is 0 Å². The van der Waals surface area contributed by atoms with E-state index in [-0.39, 0.29) is 0 Å². The minimum absolute atomic E-state index is 0.411. The molecule has 0 radical (unpaired) electrons. The molecule has 0 aliphatic rings. The Labute approximate surface area is 123 Å². The summed E-state index contributed by atoms with van der Waals surface area (Å²) in [4.78, 5) is 12.0. The minimum Gasteiger partial charge on any atom is -0.423 e. The second kappa shape index (κ2) is 5.65. The molecule has 2 aromatic carbocycles. The van der Waals surface area contributed by atoms with Gasteiger partial charge in [0.2, 0.25) is 0 Å². The van der Waals surface area contributed by atoms with Crippen LogP contribution in [0, 0.1) is 0 Å². The van der Waals surface area contributed by atoms with Crippen LogP contribution in [0.15, 0.2) is 48.5 Å². The lowest BCUT2D eigenvalue weighted by Crippen LogP contribution is -2.34. The Balaban J connectivity index is 2.20. The molecule has 0 heterocycles. The standard InChI is InChI=1S/C16H17ClNO2/c1-18(2,3)14-8-5-9-15(11-14)20-16(19)12-6-4-7-13(17)10-12/h4-11H,1-3H3/q+1. The Morgan fingerprint density at radius 3 is 2.40 bits per heavy atom. The number of halogens is 1. The Kier molecular flexibility index (Phi) is 4.12. The lowest BCUT2D eigenvalue weighted by Gasteiger charge is -2.23. The predicted octanol–water partition coefficient (Wildman–Crippen LogP) is 3.76. The molecule has 0 atom stereocenters. The Morgan fingerprint density at radius 2 is 1.75 bits per heavy atom. The first-order valence-corrected chi connectivity index (χ1v) is 6.64. The summed E-state index contributed by atoms with van der Waals surface area (Å²) in [6, 6.07) is 14.2. The van der Waals surface area contributed by atoms with Crippen molar-refractivity contribution in [2.24, 2.45) is 0 Å². The zero-order valence-corrected chi connectivity index (χ0v) is 12.5. The second-order valence-corrected chi connectivity index (χ2v) is 5.85. The van der Waals surface area contributed by atoms with Crippen LogP contribution in [0.4, 0.5) is 5.69 Å². The van der Waals surface area contributed by atoms with Crippen molar-refractivity contribution in [3.8, 4) is 5.75 Å². The smallest absolute Gasteiger partial charge is 0.343 e. The topological polar surface area (TPSA) is 26.3 Å². The molecule has 0 unspecified atom stereocenters. The number of nitrogens with zero attached hydrogens (tertiary/aromatic N) is 1. The van der Waals surface area contributed by atoms with Gasteiger partial charge in [-0.1, -0.05) is 23.7 Å². The number of carbonyl (C=O) groups excluding carboxylic acids is 1. The fourth-order valence-electron chi connectivity index (χ4n) is 1.75. The minimum atomic E-state index is -0.411. The molecule has 0 N–H and O–H groups in total. The summed E-state index contributed by atoms with van der Waals surface area (Å²) in [5.74, 6) is 0.117. The Bertz CT molecular complexity index is 632. The fraction of sp³-hybridized carbons (Fsp3) is 0.188. The summed E-state index contributed by atoms with van der Waals surface area (Å²) in [6.07, 6.45) is 0. The van der Waals surface area contributed by atoms with Gasteiger partial charge < -0.3 is 4.74 Å². The van der Waals surface area contributed by atoms with Gasteiger partial charge in [-0.15, -0.1) is 0 Å². The van der Waals surface area contributed by atoms with Crippen molar-refractivity contribution >= 4 is 23.3 Å². The average molecular weight is 291 g/mol. The molecule has 0 saturated carbocycles.